The fourth-order valence-corrected chi connectivity index (χ4v) is 3.60. The number of ether oxygens (including phenoxy) is 2. The molecule has 1 heterocycles. The lowest BCUT2D eigenvalue weighted by molar-refractivity contribution is -0.179. The van der Waals surface area contributed by atoms with Crippen molar-refractivity contribution in [3.05, 3.63) is 77.0 Å². The summed E-state index contributed by atoms with van der Waals surface area (Å²) in [5, 5.41) is 32.8. The Labute approximate surface area is 186 Å². The van der Waals surface area contributed by atoms with Gasteiger partial charge in [-0.15, -0.1) is 0 Å². The molecule has 1 fully saturated rings. The van der Waals surface area contributed by atoms with Gasteiger partial charge in [-0.05, 0) is 23.3 Å². The summed E-state index contributed by atoms with van der Waals surface area (Å²) in [6.07, 6.45) is -1.39. The van der Waals surface area contributed by atoms with Crippen LogP contribution in [0.25, 0.3) is 5.70 Å². The molecule has 0 saturated carbocycles. The number of hydrogen-bond acceptors (Lipinski definition) is 9. The summed E-state index contributed by atoms with van der Waals surface area (Å²) in [4.78, 5) is 11.7. The number of benzene rings is 2. The molecule has 2 aromatic carbocycles. The predicted octanol–water partition coefficient (Wildman–Crippen LogP) is 0.569. The van der Waals surface area contributed by atoms with Crippen LogP contribution >= 0.6 is 0 Å². The van der Waals surface area contributed by atoms with Crippen LogP contribution in [0.5, 0.6) is 0 Å². The Morgan fingerprint density at radius 2 is 1.97 bits per heavy atom. The van der Waals surface area contributed by atoms with Crippen molar-refractivity contribution in [2.24, 2.45) is 5.84 Å². The lowest BCUT2D eigenvalue weighted by atomic mass is 9.93. The number of carbonyl (C=O) groups excluding carboxylic acids is 1. The zero-order chi connectivity index (χ0) is 23.1. The summed E-state index contributed by atoms with van der Waals surface area (Å²) in [6.45, 7) is 0.243. The molecule has 1 aliphatic rings. The van der Waals surface area contributed by atoms with Crippen LogP contribution in [0.15, 0.2) is 54.7 Å². The Morgan fingerprint density at radius 1 is 1.22 bits per heavy atom. The molecule has 0 unspecified atom stereocenters. The molecule has 0 radical (unpaired) electrons. The summed E-state index contributed by atoms with van der Waals surface area (Å²) in [5.74, 6) is 5.29. The Morgan fingerprint density at radius 3 is 2.62 bits per heavy atom. The SMILES string of the molecule is COC(=O)c1cccc(CN/C=C(\NN)c2ccc([C@H]3O[C@H](CO)C[C@H](O)[C@@H]3O)cc2)c1. The highest BCUT2D eigenvalue weighted by atomic mass is 16.5. The molecular weight excluding hydrogens is 414 g/mol. The molecule has 2 aromatic rings. The van der Waals surface area contributed by atoms with Gasteiger partial charge in [-0.3, -0.25) is 5.84 Å². The Balaban J connectivity index is 1.67. The first kappa shape index (κ1) is 23.7. The third-order valence-electron chi connectivity index (χ3n) is 5.36. The molecule has 0 amide bonds. The largest absolute Gasteiger partial charge is 0.465 e. The van der Waals surface area contributed by atoms with Gasteiger partial charge < -0.3 is 35.5 Å². The van der Waals surface area contributed by atoms with Crippen LogP contribution in [0.4, 0.5) is 0 Å². The third-order valence-corrected chi connectivity index (χ3v) is 5.36. The van der Waals surface area contributed by atoms with Crippen molar-refractivity contribution in [1.82, 2.24) is 10.7 Å². The van der Waals surface area contributed by atoms with E-state index in [1.165, 1.54) is 7.11 Å². The van der Waals surface area contributed by atoms with Crippen molar-refractivity contribution in [2.45, 2.75) is 37.4 Å². The monoisotopic (exact) mass is 443 g/mol. The van der Waals surface area contributed by atoms with Gasteiger partial charge in [-0.25, -0.2) is 4.79 Å². The molecule has 7 N–H and O–H groups in total. The Hall–Kier alpha value is -2.95. The topological polar surface area (TPSA) is 146 Å². The van der Waals surface area contributed by atoms with E-state index in [-0.39, 0.29) is 13.0 Å². The standard InChI is InChI=1S/C23H29N3O6/c1-31-23(30)17-4-2-3-14(9-17)11-25-12-19(26-24)15-5-7-16(8-6-15)22-21(29)20(28)10-18(13-27)32-22/h2-9,12,18,20-22,25-29H,10-11,13,24H2,1H3/b19-12-/t18-,20-,21-,22+/m0/s1. The molecule has 4 atom stereocenters. The minimum atomic E-state index is -1.08. The lowest BCUT2D eigenvalue weighted by Gasteiger charge is -2.36. The number of methoxy groups -OCH3 is 1. The highest BCUT2D eigenvalue weighted by Crippen LogP contribution is 2.32. The van der Waals surface area contributed by atoms with Gasteiger partial charge in [0, 0.05) is 24.7 Å². The Kier molecular flexibility index (Phi) is 8.20. The van der Waals surface area contributed by atoms with Crippen LogP contribution in [0.3, 0.4) is 0 Å². The van der Waals surface area contributed by atoms with E-state index in [4.69, 9.17) is 15.3 Å². The summed E-state index contributed by atoms with van der Waals surface area (Å²) < 4.78 is 10.5. The molecule has 32 heavy (non-hydrogen) atoms. The molecule has 0 aromatic heterocycles. The first-order chi connectivity index (χ1) is 15.5. The lowest BCUT2D eigenvalue weighted by Crippen LogP contribution is -2.44. The van der Waals surface area contributed by atoms with Crippen molar-refractivity contribution in [3.63, 3.8) is 0 Å². The molecule has 9 nitrogen and oxygen atoms in total. The van der Waals surface area contributed by atoms with E-state index in [1.807, 2.05) is 18.2 Å². The number of aliphatic hydroxyl groups excluding tert-OH is 3. The summed E-state index contributed by atoms with van der Waals surface area (Å²) in [5.41, 5.74) is 6.12. The summed E-state index contributed by atoms with van der Waals surface area (Å²) in [7, 11) is 1.34. The number of hydrazine groups is 1. The van der Waals surface area contributed by atoms with E-state index in [1.54, 1.807) is 36.5 Å². The number of nitrogens with one attached hydrogen (secondary N) is 2. The van der Waals surface area contributed by atoms with Gasteiger partial charge in [0.2, 0.25) is 0 Å². The van der Waals surface area contributed by atoms with Crippen molar-refractivity contribution in [2.75, 3.05) is 13.7 Å². The van der Waals surface area contributed by atoms with E-state index in [0.717, 1.165) is 11.1 Å². The maximum atomic E-state index is 11.7. The van der Waals surface area contributed by atoms with E-state index < -0.39 is 30.4 Å². The van der Waals surface area contributed by atoms with Gasteiger partial charge in [0.1, 0.15) is 12.2 Å². The van der Waals surface area contributed by atoms with Crippen molar-refractivity contribution >= 4 is 11.7 Å². The average molecular weight is 444 g/mol. The number of rotatable bonds is 8. The average Bonchev–Trinajstić information content (AvgIpc) is 2.83. The molecule has 0 aliphatic carbocycles. The van der Waals surface area contributed by atoms with Gasteiger partial charge in [0.05, 0.1) is 37.2 Å². The smallest absolute Gasteiger partial charge is 0.337 e. The van der Waals surface area contributed by atoms with Crippen LogP contribution in [0, 0.1) is 0 Å². The van der Waals surface area contributed by atoms with Gasteiger partial charge in [-0.2, -0.15) is 0 Å². The van der Waals surface area contributed by atoms with Crippen molar-refractivity contribution < 1.29 is 29.6 Å². The van der Waals surface area contributed by atoms with Crippen LogP contribution in [0.2, 0.25) is 0 Å². The molecule has 3 rings (SSSR count). The molecular formula is C23H29N3O6. The molecule has 0 spiro atoms. The first-order valence-corrected chi connectivity index (χ1v) is 10.3. The maximum absolute atomic E-state index is 11.7. The second-order valence-electron chi connectivity index (χ2n) is 7.55. The number of hydrogen-bond donors (Lipinski definition) is 6. The number of carbonyl (C=O) groups is 1. The number of aliphatic hydroxyl groups is 3. The van der Waals surface area contributed by atoms with E-state index >= 15 is 0 Å². The number of esters is 1. The fourth-order valence-electron chi connectivity index (χ4n) is 3.60. The molecule has 9 heteroatoms. The molecule has 0 bridgehead atoms. The fraction of sp³-hybridized carbons (Fsp3) is 0.348. The zero-order valence-corrected chi connectivity index (χ0v) is 17.8. The highest BCUT2D eigenvalue weighted by Gasteiger charge is 2.37. The molecule has 1 saturated heterocycles. The van der Waals surface area contributed by atoms with Gasteiger partial charge >= 0.3 is 5.97 Å². The van der Waals surface area contributed by atoms with Crippen LogP contribution in [0.1, 0.15) is 39.6 Å². The van der Waals surface area contributed by atoms with E-state index in [2.05, 4.69) is 10.7 Å². The summed E-state index contributed by atoms with van der Waals surface area (Å²) in [6, 6.07) is 14.3. The quantitative estimate of drug-likeness (QED) is 0.196. The minimum Gasteiger partial charge on any atom is -0.465 e. The molecule has 172 valence electrons. The van der Waals surface area contributed by atoms with Gasteiger partial charge in [-0.1, -0.05) is 36.4 Å². The zero-order valence-electron chi connectivity index (χ0n) is 17.8. The first-order valence-electron chi connectivity index (χ1n) is 10.3. The maximum Gasteiger partial charge on any atom is 0.337 e. The van der Waals surface area contributed by atoms with E-state index in [9.17, 15) is 20.1 Å². The van der Waals surface area contributed by atoms with Gasteiger partial charge in [0.15, 0.2) is 0 Å². The second kappa shape index (κ2) is 11.1. The minimum absolute atomic E-state index is 0.185. The third kappa shape index (κ3) is 5.64. The van der Waals surface area contributed by atoms with Gasteiger partial charge in [0.25, 0.3) is 0 Å². The van der Waals surface area contributed by atoms with Crippen LogP contribution in [-0.4, -0.2) is 53.3 Å². The van der Waals surface area contributed by atoms with Crippen LogP contribution < -0.4 is 16.6 Å². The van der Waals surface area contributed by atoms with Crippen molar-refractivity contribution in [1.29, 1.82) is 0 Å². The predicted molar refractivity (Wildman–Crippen MR) is 118 cm³/mol. The number of nitrogens with two attached hydrogens (primary N) is 1. The highest BCUT2D eigenvalue weighted by molar-refractivity contribution is 5.89. The van der Waals surface area contributed by atoms with Crippen LogP contribution in [-0.2, 0) is 16.0 Å². The summed E-state index contributed by atoms with van der Waals surface area (Å²) >= 11 is 0. The Bertz CT molecular complexity index is 934. The normalized spacial score (nSPS) is 23.5. The molecule has 1 aliphatic heterocycles. The van der Waals surface area contributed by atoms with E-state index in [0.29, 0.717) is 23.4 Å². The second-order valence-corrected chi connectivity index (χ2v) is 7.55. The van der Waals surface area contributed by atoms with Crippen molar-refractivity contribution in [3.8, 4) is 0 Å².